The van der Waals surface area contributed by atoms with E-state index >= 15 is 0 Å². The van der Waals surface area contributed by atoms with Crippen LogP contribution in [0.25, 0.3) is 0 Å². The van der Waals surface area contributed by atoms with Crippen molar-refractivity contribution in [2.45, 2.75) is 19.3 Å². The molecule has 3 N–H and O–H groups in total. The largest absolute Gasteiger partial charge is 0.366 e. The molecule has 1 aliphatic rings. The highest BCUT2D eigenvalue weighted by molar-refractivity contribution is 5.94. The summed E-state index contributed by atoms with van der Waals surface area (Å²) in [6, 6.07) is 7.66. The molecule has 1 amide bonds. The zero-order chi connectivity index (χ0) is 11.4. The van der Waals surface area contributed by atoms with Crippen LogP contribution in [0.4, 0.5) is 0 Å². The number of halogens is 1. The summed E-state index contributed by atoms with van der Waals surface area (Å²) in [7, 11) is 0. The zero-order valence-electron chi connectivity index (χ0n) is 9.82. The lowest BCUT2D eigenvalue weighted by Crippen LogP contribution is -2.31. The SMILES string of the molecule is Cl.NC(=O)c1ccccc1CC1CCCNC1. The van der Waals surface area contributed by atoms with Gasteiger partial charge in [-0.25, -0.2) is 0 Å². The number of piperidine rings is 1. The molecule has 1 heterocycles. The lowest BCUT2D eigenvalue weighted by molar-refractivity contribution is 0.0999. The summed E-state index contributed by atoms with van der Waals surface area (Å²) in [5, 5.41) is 3.39. The molecule has 0 aromatic heterocycles. The average Bonchev–Trinajstić information content (AvgIpc) is 2.31. The van der Waals surface area contributed by atoms with Gasteiger partial charge in [-0.3, -0.25) is 4.79 Å². The number of amides is 1. The van der Waals surface area contributed by atoms with E-state index in [4.69, 9.17) is 5.73 Å². The van der Waals surface area contributed by atoms with Gasteiger partial charge in [-0.2, -0.15) is 0 Å². The smallest absolute Gasteiger partial charge is 0.248 e. The molecule has 0 bridgehead atoms. The van der Waals surface area contributed by atoms with E-state index in [1.807, 2.05) is 24.3 Å². The third-order valence-electron chi connectivity index (χ3n) is 3.19. The molecule has 0 radical (unpaired) electrons. The van der Waals surface area contributed by atoms with E-state index < -0.39 is 0 Å². The number of benzene rings is 1. The third kappa shape index (κ3) is 3.72. The van der Waals surface area contributed by atoms with E-state index in [1.54, 1.807) is 0 Å². The van der Waals surface area contributed by atoms with Crippen molar-refractivity contribution in [3.63, 3.8) is 0 Å². The van der Waals surface area contributed by atoms with Gasteiger partial charge in [-0.1, -0.05) is 18.2 Å². The molecule has 17 heavy (non-hydrogen) atoms. The Hall–Kier alpha value is -1.06. The van der Waals surface area contributed by atoms with Crippen LogP contribution in [-0.4, -0.2) is 19.0 Å². The van der Waals surface area contributed by atoms with Crippen LogP contribution < -0.4 is 11.1 Å². The van der Waals surface area contributed by atoms with Gasteiger partial charge in [0, 0.05) is 5.56 Å². The highest BCUT2D eigenvalue weighted by Gasteiger charge is 2.16. The molecule has 1 aliphatic heterocycles. The first-order valence-corrected chi connectivity index (χ1v) is 5.86. The predicted molar refractivity (Wildman–Crippen MR) is 71.5 cm³/mol. The molecule has 4 heteroatoms. The van der Waals surface area contributed by atoms with E-state index in [0.29, 0.717) is 11.5 Å². The van der Waals surface area contributed by atoms with Crippen molar-refractivity contribution in [1.29, 1.82) is 0 Å². The summed E-state index contributed by atoms with van der Waals surface area (Å²) in [6.45, 7) is 2.17. The van der Waals surface area contributed by atoms with Crippen LogP contribution in [-0.2, 0) is 6.42 Å². The standard InChI is InChI=1S/C13H18N2O.ClH/c14-13(16)12-6-2-1-5-11(12)8-10-4-3-7-15-9-10;/h1-2,5-6,10,15H,3-4,7-9H2,(H2,14,16);1H. The molecule has 0 aliphatic carbocycles. The number of hydrogen-bond donors (Lipinski definition) is 2. The van der Waals surface area contributed by atoms with Crippen molar-refractivity contribution < 1.29 is 4.79 Å². The summed E-state index contributed by atoms with van der Waals surface area (Å²) in [5.41, 5.74) is 7.13. The van der Waals surface area contributed by atoms with Gasteiger partial charge in [0.15, 0.2) is 0 Å². The van der Waals surface area contributed by atoms with E-state index in [0.717, 1.165) is 25.1 Å². The van der Waals surface area contributed by atoms with Crippen LogP contribution in [0, 0.1) is 5.92 Å². The van der Waals surface area contributed by atoms with Crippen molar-refractivity contribution in [3.05, 3.63) is 35.4 Å². The average molecular weight is 255 g/mol. The van der Waals surface area contributed by atoms with Crippen LogP contribution in [0.5, 0.6) is 0 Å². The molecule has 1 aromatic carbocycles. The van der Waals surface area contributed by atoms with Crippen LogP contribution in [0.2, 0.25) is 0 Å². The minimum atomic E-state index is -0.320. The van der Waals surface area contributed by atoms with Crippen molar-refractivity contribution in [2.24, 2.45) is 11.7 Å². The quantitative estimate of drug-likeness (QED) is 0.864. The summed E-state index contributed by atoms with van der Waals surface area (Å²) >= 11 is 0. The maximum Gasteiger partial charge on any atom is 0.248 e. The second-order valence-corrected chi connectivity index (χ2v) is 4.44. The molecule has 1 aromatic rings. The third-order valence-corrected chi connectivity index (χ3v) is 3.19. The molecular weight excluding hydrogens is 236 g/mol. The summed E-state index contributed by atoms with van der Waals surface area (Å²) in [4.78, 5) is 11.3. The Labute approximate surface area is 108 Å². The first-order valence-electron chi connectivity index (χ1n) is 5.86. The summed E-state index contributed by atoms with van der Waals surface area (Å²) in [6.07, 6.45) is 3.41. The van der Waals surface area contributed by atoms with E-state index in [-0.39, 0.29) is 18.3 Å². The minimum absolute atomic E-state index is 0. The first kappa shape index (κ1) is 14.0. The fraction of sp³-hybridized carbons (Fsp3) is 0.462. The van der Waals surface area contributed by atoms with Crippen molar-refractivity contribution in [3.8, 4) is 0 Å². The van der Waals surface area contributed by atoms with Gasteiger partial charge in [0.1, 0.15) is 0 Å². The number of rotatable bonds is 3. The molecule has 2 rings (SSSR count). The van der Waals surface area contributed by atoms with Gasteiger partial charge in [-0.15, -0.1) is 12.4 Å². The minimum Gasteiger partial charge on any atom is -0.366 e. The van der Waals surface area contributed by atoms with Gasteiger partial charge in [0.05, 0.1) is 0 Å². The Balaban J connectivity index is 0.00000144. The molecule has 3 nitrogen and oxygen atoms in total. The topological polar surface area (TPSA) is 55.1 Å². The number of nitrogens with one attached hydrogen (secondary N) is 1. The zero-order valence-corrected chi connectivity index (χ0v) is 10.6. The van der Waals surface area contributed by atoms with Gasteiger partial charge in [0.2, 0.25) is 5.91 Å². The Morgan fingerprint density at radius 1 is 1.41 bits per heavy atom. The van der Waals surface area contributed by atoms with Crippen molar-refractivity contribution in [2.75, 3.05) is 13.1 Å². The molecule has 1 unspecified atom stereocenters. The van der Waals surface area contributed by atoms with Crippen LogP contribution in [0.1, 0.15) is 28.8 Å². The fourth-order valence-electron chi connectivity index (χ4n) is 2.35. The molecule has 0 saturated carbocycles. The number of primary amides is 1. The number of nitrogens with two attached hydrogens (primary N) is 1. The Kier molecular flexibility index (Phi) is 5.45. The van der Waals surface area contributed by atoms with Crippen LogP contribution in [0.15, 0.2) is 24.3 Å². The normalized spacial score (nSPS) is 19.4. The highest BCUT2D eigenvalue weighted by Crippen LogP contribution is 2.18. The van der Waals surface area contributed by atoms with Crippen molar-refractivity contribution >= 4 is 18.3 Å². The summed E-state index contributed by atoms with van der Waals surface area (Å²) in [5.74, 6) is 0.314. The van der Waals surface area contributed by atoms with Gasteiger partial charge in [0.25, 0.3) is 0 Å². The summed E-state index contributed by atoms with van der Waals surface area (Å²) < 4.78 is 0. The predicted octanol–water partition coefficient (Wildman–Crippen LogP) is 1.75. The van der Waals surface area contributed by atoms with Gasteiger partial charge >= 0.3 is 0 Å². The number of hydrogen-bond acceptors (Lipinski definition) is 2. The fourth-order valence-corrected chi connectivity index (χ4v) is 2.35. The van der Waals surface area contributed by atoms with Crippen LogP contribution in [0.3, 0.4) is 0 Å². The molecule has 94 valence electrons. The molecule has 1 saturated heterocycles. The van der Waals surface area contributed by atoms with E-state index in [2.05, 4.69) is 5.32 Å². The highest BCUT2D eigenvalue weighted by atomic mass is 35.5. The maximum absolute atomic E-state index is 11.3. The lowest BCUT2D eigenvalue weighted by Gasteiger charge is -2.23. The molecular formula is C13H19ClN2O. The van der Waals surface area contributed by atoms with E-state index in [1.165, 1.54) is 12.8 Å². The van der Waals surface area contributed by atoms with Gasteiger partial charge in [-0.05, 0) is 49.9 Å². The lowest BCUT2D eigenvalue weighted by atomic mass is 9.90. The number of carbonyl (C=O) groups excluding carboxylic acids is 1. The number of carbonyl (C=O) groups is 1. The van der Waals surface area contributed by atoms with E-state index in [9.17, 15) is 4.79 Å². The van der Waals surface area contributed by atoms with Crippen molar-refractivity contribution in [1.82, 2.24) is 5.32 Å². The molecule has 1 atom stereocenters. The first-order chi connectivity index (χ1) is 7.77. The second-order valence-electron chi connectivity index (χ2n) is 4.44. The second kappa shape index (κ2) is 6.62. The van der Waals surface area contributed by atoms with Gasteiger partial charge < -0.3 is 11.1 Å². The Morgan fingerprint density at radius 3 is 2.82 bits per heavy atom. The molecule has 1 fully saturated rings. The Morgan fingerprint density at radius 2 is 2.18 bits per heavy atom. The maximum atomic E-state index is 11.3. The van der Waals surface area contributed by atoms with Crippen LogP contribution >= 0.6 is 12.4 Å². The monoisotopic (exact) mass is 254 g/mol. The Bertz CT molecular complexity index is 375. The molecule has 0 spiro atoms.